The average molecular weight is 548 g/mol. The molecule has 1 fully saturated rings. The van der Waals surface area contributed by atoms with Crippen LogP contribution in [-0.4, -0.2) is 87.9 Å². The Morgan fingerprint density at radius 1 is 1.06 bits per heavy atom. The van der Waals surface area contributed by atoms with Crippen molar-refractivity contribution in [1.82, 2.24) is 20.4 Å². The maximum atomic E-state index is 5.96. The summed E-state index contributed by atoms with van der Waals surface area (Å²) in [6.45, 7) is 15.9. The Balaban J connectivity index is 0.00000480. The van der Waals surface area contributed by atoms with E-state index < -0.39 is 0 Å². The van der Waals surface area contributed by atoms with Crippen molar-refractivity contribution in [2.45, 2.75) is 39.7 Å². The fourth-order valence-electron chi connectivity index (χ4n) is 3.50. The molecule has 1 aliphatic heterocycles. The summed E-state index contributed by atoms with van der Waals surface area (Å²) in [6.07, 6.45) is 2.34. The second-order valence-electron chi connectivity index (χ2n) is 7.74. The number of halogens is 1. The van der Waals surface area contributed by atoms with Crippen molar-refractivity contribution in [2.24, 2.45) is 4.99 Å². The van der Waals surface area contributed by atoms with Crippen molar-refractivity contribution in [3.05, 3.63) is 24.3 Å². The Kier molecular flexibility index (Phi) is 14.7. The Labute approximate surface area is 206 Å². The molecule has 1 unspecified atom stereocenters. The molecule has 1 saturated heterocycles. The second kappa shape index (κ2) is 16.4. The largest absolute Gasteiger partial charge is 0.497 e. The number of nitrogens with zero attached hydrogens (tertiary/aromatic N) is 3. The fraction of sp³-hybridized carbons (Fsp3) is 0.696. The van der Waals surface area contributed by atoms with Gasteiger partial charge in [0, 0.05) is 45.3 Å². The first kappa shape index (κ1) is 27.8. The van der Waals surface area contributed by atoms with Gasteiger partial charge in [-0.2, -0.15) is 0 Å². The van der Waals surface area contributed by atoms with Crippen LogP contribution in [0.3, 0.4) is 0 Å². The van der Waals surface area contributed by atoms with E-state index in [1.54, 1.807) is 7.11 Å². The SMILES string of the molecule is CCNC(=NCC(C)Oc1cccc(OC)c1)NCCCCN1CCN(CC)CC1.I. The van der Waals surface area contributed by atoms with Gasteiger partial charge in [-0.25, -0.2) is 4.99 Å². The molecule has 0 saturated carbocycles. The monoisotopic (exact) mass is 547 g/mol. The van der Waals surface area contributed by atoms with Gasteiger partial charge in [-0.3, -0.25) is 0 Å². The van der Waals surface area contributed by atoms with Crippen LogP contribution in [0, 0.1) is 0 Å². The van der Waals surface area contributed by atoms with Gasteiger partial charge in [0.2, 0.25) is 0 Å². The first-order chi connectivity index (χ1) is 14.6. The molecule has 1 aromatic carbocycles. The normalized spacial score (nSPS) is 16.3. The van der Waals surface area contributed by atoms with Crippen molar-refractivity contribution in [2.75, 3.05) is 66.0 Å². The van der Waals surface area contributed by atoms with Gasteiger partial charge in [-0.15, -0.1) is 24.0 Å². The van der Waals surface area contributed by atoms with Crippen LogP contribution in [0.1, 0.15) is 33.6 Å². The molecule has 0 radical (unpaired) electrons. The van der Waals surface area contributed by atoms with Crippen molar-refractivity contribution in [3.63, 3.8) is 0 Å². The summed E-state index contributed by atoms with van der Waals surface area (Å²) in [4.78, 5) is 9.79. The predicted octanol–water partition coefficient (Wildman–Crippen LogP) is 3.05. The lowest BCUT2D eigenvalue weighted by molar-refractivity contribution is 0.136. The number of guanidine groups is 1. The lowest BCUT2D eigenvalue weighted by atomic mass is 10.2. The number of unbranched alkanes of at least 4 members (excludes halogenated alkanes) is 1. The minimum absolute atomic E-state index is 0. The van der Waals surface area contributed by atoms with E-state index in [4.69, 9.17) is 9.47 Å². The lowest BCUT2D eigenvalue weighted by Gasteiger charge is -2.34. The highest BCUT2D eigenvalue weighted by Gasteiger charge is 2.14. The lowest BCUT2D eigenvalue weighted by Crippen LogP contribution is -2.46. The molecule has 0 aliphatic carbocycles. The molecule has 7 nitrogen and oxygen atoms in total. The zero-order valence-electron chi connectivity index (χ0n) is 19.7. The standard InChI is InChI=1S/C23H41N5O2.HI/c1-5-24-23(25-12-7-8-13-28-16-14-27(6-2)15-17-28)26-19-20(3)30-22-11-9-10-21(18-22)29-4;/h9-11,18,20H,5-8,12-17,19H2,1-4H3,(H2,24,25,26);1H. The van der Waals surface area contributed by atoms with Crippen LogP contribution in [0.15, 0.2) is 29.3 Å². The van der Waals surface area contributed by atoms with Crippen LogP contribution in [0.5, 0.6) is 11.5 Å². The Bertz CT molecular complexity index is 624. The van der Waals surface area contributed by atoms with Crippen molar-refractivity contribution >= 4 is 29.9 Å². The van der Waals surface area contributed by atoms with Crippen LogP contribution in [0.4, 0.5) is 0 Å². The van der Waals surface area contributed by atoms with E-state index in [-0.39, 0.29) is 30.1 Å². The Hall–Kier alpha value is -1.26. The molecule has 1 aliphatic rings. The molecule has 0 amide bonds. The summed E-state index contributed by atoms with van der Waals surface area (Å²) in [7, 11) is 1.66. The van der Waals surface area contributed by atoms with E-state index in [0.717, 1.165) is 37.0 Å². The maximum Gasteiger partial charge on any atom is 0.191 e. The Morgan fingerprint density at radius 3 is 2.45 bits per heavy atom. The summed E-state index contributed by atoms with van der Waals surface area (Å²) >= 11 is 0. The van der Waals surface area contributed by atoms with E-state index >= 15 is 0 Å². The average Bonchev–Trinajstić information content (AvgIpc) is 2.77. The summed E-state index contributed by atoms with van der Waals surface area (Å²) in [5.74, 6) is 2.45. The minimum atomic E-state index is -0.0191. The zero-order chi connectivity index (χ0) is 21.6. The minimum Gasteiger partial charge on any atom is -0.497 e. The number of hydrogen-bond acceptors (Lipinski definition) is 5. The zero-order valence-corrected chi connectivity index (χ0v) is 22.1. The fourth-order valence-corrected chi connectivity index (χ4v) is 3.50. The summed E-state index contributed by atoms with van der Waals surface area (Å²) in [5.41, 5.74) is 0. The van der Waals surface area contributed by atoms with E-state index in [2.05, 4.69) is 39.3 Å². The predicted molar refractivity (Wildman–Crippen MR) is 140 cm³/mol. The molecule has 0 aromatic heterocycles. The number of rotatable bonds is 12. The number of methoxy groups -OCH3 is 1. The van der Waals surface area contributed by atoms with Gasteiger partial charge in [0.1, 0.15) is 17.6 Å². The van der Waals surface area contributed by atoms with Gasteiger partial charge in [-0.1, -0.05) is 13.0 Å². The van der Waals surface area contributed by atoms with Gasteiger partial charge < -0.3 is 29.9 Å². The highest BCUT2D eigenvalue weighted by Crippen LogP contribution is 2.19. The first-order valence-corrected chi connectivity index (χ1v) is 11.4. The van der Waals surface area contributed by atoms with Gasteiger partial charge >= 0.3 is 0 Å². The molecular weight excluding hydrogens is 505 g/mol. The number of nitrogens with one attached hydrogen (secondary N) is 2. The van der Waals surface area contributed by atoms with E-state index in [9.17, 15) is 0 Å². The number of hydrogen-bond donors (Lipinski definition) is 2. The molecule has 1 atom stereocenters. The molecule has 1 aromatic rings. The second-order valence-corrected chi connectivity index (χ2v) is 7.74. The van der Waals surface area contributed by atoms with Gasteiger partial charge in [0.15, 0.2) is 5.96 Å². The maximum absolute atomic E-state index is 5.96. The molecule has 8 heteroatoms. The van der Waals surface area contributed by atoms with Crippen molar-refractivity contribution in [3.8, 4) is 11.5 Å². The third kappa shape index (κ3) is 11.2. The topological polar surface area (TPSA) is 61.4 Å². The highest BCUT2D eigenvalue weighted by molar-refractivity contribution is 14.0. The molecule has 178 valence electrons. The molecular formula is C23H42IN5O2. The summed E-state index contributed by atoms with van der Waals surface area (Å²) in [5, 5.41) is 6.77. The summed E-state index contributed by atoms with van der Waals surface area (Å²) in [6, 6.07) is 7.67. The summed E-state index contributed by atoms with van der Waals surface area (Å²) < 4.78 is 11.2. The van der Waals surface area contributed by atoms with E-state index in [1.807, 2.05) is 31.2 Å². The molecule has 31 heavy (non-hydrogen) atoms. The number of benzene rings is 1. The third-order valence-electron chi connectivity index (χ3n) is 5.33. The van der Waals surface area contributed by atoms with Crippen LogP contribution in [0.2, 0.25) is 0 Å². The number of piperazine rings is 1. The molecule has 0 spiro atoms. The van der Waals surface area contributed by atoms with Gasteiger partial charge in [0.25, 0.3) is 0 Å². The third-order valence-corrected chi connectivity index (χ3v) is 5.33. The van der Waals surface area contributed by atoms with Gasteiger partial charge in [-0.05, 0) is 51.9 Å². The molecule has 0 bridgehead atoms. The molecule has 2 rings (SSSR count). The van der Waals surface area contributed by atoms with Gasteiger partial charge in [0.05, 0.1) is 13.7 Å². The number of likely N-dealkylation sites (N-methyl/N-ethyl adjacent to an activating group) is 1. The molecule has 2 N–H and O–H groups in total. The van der Waals surface area contributed by atoms with E-state index in [1.165, 1.54) is 45.7 Å². The van der Waals surface area contributed by atoms with Crippen LogP contribution in [-0.2, 0) is 0 Å². The van der Waals surface area contributed by atoms with Crippen LogP contribution >= 0.6 is 24.0 Å². The van der Waals surface area contributed by atoms with Crippen LogP contribution in [0.25, 0.3) is 0 Å². The van der Waals surface area contributed by atoms with Crippen LogP contribution < -0.4 is 20.1 Å². The van der Waals surface area contributed by atoms with E-state index in [0.29, 0.717) is 6.54 Å². The number of aliphatic imine (C=N–C) groups is 1. The highest BCUT2D eigenvalue weighted by atomic mass is 127. The molecule has 1 heterocycles. The van der Waals surface area contributed by atoms with Crippen molar-refractivity contribution in [1.29, 1.82) is 0 Å². The number of ether oxygens (including phenoxy) is 2. The first-order valence-electron chi connectivity index (χ1n) is 11.4. The smallest absolute Gasteiger partial charge is 0.191 e. The quantitative estimate of drug-likeness (QED) is 0.182. The van der Waals surface area contributed by atoms with Crippen molar-refractivity contribution < 1.29 is 9.47 Å². The Morgan fingerprint density at radius 2 is 1.77 bits per heavy atom.